The highest BCUT2D eigenvalue weighted by Crippen LogP contribution is 2.29. The maximum absolute atomic E-state index is 12.4. The van der Waals surface area contributed by atoms with Crippen LogP contribution >= 0.6 is 11.6 Å². The van der Waals surface area contributed by atoms with Crippen molar-refractivity contribution in [2.24, 2.45) is 7.05 Å². The van der Waals surface area contributed by atoms with Crippen LogP contribution in [0.1, 0.15) is 55.1 Å². The van der Waals surface area contributed by atoms with E-state index in [1.807, 2.05) is 14.0 Å². The van der Waals surface area contributed by atoms with Crippen molar-refractivity contribution in [2.45, 2.75) is 51.0 Å². The molecular weight excluding hydrogens is 262 g/mol. The molecule has 1 amide bonds. The number of aromatic nitrogens is 2. The van der Waals surface area contributed by atoms with Gasteiger partial charge in [-0.25, -0.2) is 0 Å². The summed E-state index contributed by atoms with van der Waals surface area (Å²) < 4.78 is 1.70. The Kier molecular flexibility index (Phi) is 4.50. The van der Waals surface area contributed by atoms with E-state index in [0.29, 0.717) is 11.4 Å². The van der Waals surface area contributed by atoms with Crippen LogP contribution in [0.15, 0.2) is 6.20 Å². The first-order chi connectivity index (χ1) is 9.10. The summed E-state index contributed by atoms with van der Waals surface area (Å²) in [5.41, 5.74) is 1.30. The Morgan fingerprint density at radius 2 is 2.16 bits per heavy atom. The van der Waals surface area contributed by atoms with Gasteiger partial charge in [-0.1, -0.05) is 26.2 Å². The van der Waals surface area contributed by atoms with Crippen molar-refractivity contribution in [3.8, 4) is 0 Å². The summed E-state index contributed by atoms with van der Waals surface area (Å²) >= 11 is 6.11. The topological polar surface area (TPSA) is 46.9 Å². The highest BCUT2D eigenvalue weighted by Gasteiger charge is 2.33. The van der Waals surface area contributed by atoms with Crippen molar-refractivity contribution in [1.82, 2.24) is 15.1 Å². The molecule has 1 N–H and O–H groups in total. The van der Waals surface area contributed by atoms with Crippen LogP contribution in [0, 0.1) is 0 Å². The number of alkyl halides is 1. The van der Waals surface area contributed by atoms with Gasteiger partial charge >= 0.3 is 0 Å². The summed E-state index contributed by atoms with van der Waals surface area (Å²) in [6.07, 6.45) is 8.02. The molecule has 0 saturated heterocycles. The molecule has 0 atom stereocenters. The van der Waals surface area contributed by atoms with Gasteiger partial charge in [-0.3, -0.25) is 9.48 Å². The smallest absolute Gasteiger partial charge is 0.255 e. The van der Waals surface area contributed by atoms with Gasteiger partial charge in [-0.15, -0.1) is 11.6 Å². The molecule has 0 radical (unpaired) electrons. The number of aryl methyl sites for hydroxylation is 2. The molecule has 0 unspecified atom stereocenters. The number of nitrogens with one attached hydrogen (secondary N) is 1. The van der Waals surface area contributed by atoms with E-state index in [-0.39, 0.29) is 11.4 Å². The third-order valence-corrected chi connectivity index (χ3v) is 4.44. The lowest BCUT2D eigenvalue weighted by atomic mass is 9.83. The number of nitrogens with zero attached hydrogens (tertiary/aromatic N) is 2. The van der Waals surface area contributed by atoms with Crippen molar-refractivity contribution < 1.29 is 4.79 Å². The number of halogens is 1. The second kappa shape index (κ2) is 5.95. The van der Waals surface area contributed by atoms with Gasteiger partial charge in [-0.05, 0) is 19.3 Å². The van der Waals surface area contributed by atoms with Crippen LogP contribution < -0.4 is 5.32 Å². The molecule has 19 heavy (non-hydrogen) atoms. The molecule has 1 aromatic rings. The number of hydrogen-bond donors (Lipinski definition) is 1. The van der Waals surface area contributed by atoms with Gasteiger partial charge in [0.15, 0.2) is 0 Å². The van der Waals surface area contributed by atoms with Crippen LogP contribution in [-0.2, 0) is 13.5 Å². The molecule has 106 valence electrons. The highest BCUT2D eigenvalue weighted by atomic mass is 35.5. The lowest BCUT2D eigenvalue weighted by Crippen LogP contribution is -2.51. The molecule has 1 aliphatic carbocycles. The third-order valence-electron chi connectivity index (χ3n) is 3.93. The largest absolute Gasteiger partial charge is 0.345 e. The fourth-order valence-electron chi connectivity index (χ4n) is 2.81. The predicted molar refractivity (Wildman–Crippen MR) is 76.6 cm³/mol. The predicted octanol–water partition coefficient (Wildman–Crippen LogP) is 2.65. The summed E-state index contributed by atoms with van der Waals surface area (Å²) in [5.74, 6) is 0.452. The summed E-state index contributed by atoms with van der Waals surface area (Å²) in [6, 6.07) is 0. The molecule has 0 bridgehead atoms. The SMILES string of the molecule is CCc1nn(C)cc1C(=O)NC1(CCl)CCCCC1. The normalized spacial score (nSPS) is 18.3. The summed E-state index contributed by atoms with van der Waals surface area (Å²) in [5, 5.41) is 7.48. The second-order valence-corrected chi connectivity index (χ2v) is 5.71. The van der Waals surface area contributed by atoms with Crippen molar-refractivity contribution in [3.63, 3.8) is 0 Å². The molecule has 1 aromatic heterocycles. The Labute approximate surface area is 119 Å². The van der Waals surface area contributed by atoms with Crippen molar-refractivity contribution in [1.29, 1.82) is 0 Å². The van der Waals surface area contributed by atoms with E-state index in [2.05, 4.69) is 10.4 Å². The summed E-state index contributed by atoms with van der Waals surface area (Å²) in [4.78, 5) is 12.4. The first-order valence-corrected chi connectivity index (χ1v) is 7.54. The molecule has 1 aliphatic rings. The fraction of sp³-hybridized carbons (Fsp3) is 0.714. The quantitative estimate of drug-likeness (QED) is 0.864. The number of hydrogen-bond acceptors (Lipinski definition) is 2. The molecule has 1 heterocycles. The van der Waals surface area contributed by atoms with Crippen LogP contribution in [0.4, 0.5) is 0 Å². The lowest BCUT2D eigenvalue weighted by molar-refractivity contribution is 0.0884. The molecular formula is C14H22ClN3O. The summed E-state index contributed by atoms with van der Waals surface area (Å²) in [7, 11) is 1.84. The number of carbonyl (C=O) groups is 1. The van der Waals surface area contributed by atoms with Crippen molar-refractivity contribution in [3.05, 3.63) is 17.5 Å². The monoisotopic (exact) mass is 283 g/mol. The van der Waals surface area contributed by atoms with Gasteiger partial charge in [0.05, 0.1) is 16.8 Å². The van der Waals surface area contributed by atoms with Gasteiger partial charge in [0.25, 0.3) is 5.91 Å². The minimum atomic E-state index is -0.224. The van der Waals surface area contributed by atoms with Crippen LogP contribution in [0.2, 0.25) is 0 Å². The highest BCUT2D eigenvalue weighted by molar-refractivity contribution is 6.19. The molecule has 2 rings (SSSR count). The molecule has 1 fully saturated rings. The van der Waals surface area contributed by atoms with Gasteiger partial charge in [0.1, 0.15) is 0 Å². The van der Waals surface area contributed by atoms with E-state index >= 15 is 0 Å². The maximum Gasteiger partial charge on any atom is 0.255 e. The van der Waals surface area contributed by atoms with E-state index in [4.69, 9.17) is 11.6 Å². The van der Waals surface area contributed by atoms with Crippen molar-refractivity contribution in [2.75, 3.05) is 5.88 Å². The van der Waals surface area contributed by atoms with E-state index < -0.39 is 0 Å². The van der Waals surface area contributed by atoms with Gasteiger partial charge in [-0.2, -0.15) is 5.10 Å². The van der Waals surface area contributed by atoms with Crippen LogP contribution in [0.25, 0.3) is 0 Å². The Morgan fingerprint density at radius 1 is 1.47 bits per heavy atom. The molecule has 4 nitrogen and oxygen atoms in total. The lowest BCUT2D eigenvalue weighted by Gasteiger charge is -2.36. The maximum atomic E-state index is 12.4. The van der Waals surface area contributed by atoms with Crippen LogP contribution in [-0.4, -0.2) is 27.1 Å². The van der Waals surface area contributed by atoms with E-state index in [1.54, 1.807) is 10.9 Å². The van der Waals surface area contributed by atoms with E-state index in [9.17, 15) is 4.79 Å². The molecule has 5 heteroatoms. The average molecular weight is 284 g/mol. The van der Waals surface area contributed by atoms with Gasteiger partial charge in [0.2, 0.25) is 0 Å². The second-order valence-electron chi connectivity index (χ2n) is 5.45. The zero-order valence-corrected chi connectivity index (χ0v) is 12.5. The van der Waals surface area contributed by atoms with E-state index in [1.165, 1.54) is 6.42 Å². The number of amides is 1. The first kappa shape index (κ1) is 14.4. The number of rotatable bonds is 4. The molecule has 0 spiro atoms. The molecule has 0 aliphatic heterocycles. The van der Waals surface area contributed by atoms with Crippen LogP contribution in [0.5, 0.6) is 0 Å². The Hall–Kier alpha value is -1.03. The summed E-state index contributed by atoms with van der Waals surface area (Å²) in [6.45, 7) is 2.01. The average Bonchev–Trinajstić information content (AvgIpc) is 2.81. The van der Waals surface area contributed by atoms with E-state index in [0.717, 1.165) is 37.8 Å². The molecule has 0 aromatic carbocycles. The zero-order chi connectivity index (χ0) is 13.9. The van der Waals surface area contributed by atoms with Crippen LogP contribution in [0.3, 0.4) is 0 Å². The number of carbonyl (C=O) groups excluding carboxylic acids is 1. The van der Waals surface area contributed by atoms with Gasteiger partial charge < -0.3 is 5.32 Å². The Bertz CT molecular complexity index is 450. The molecule has 1 saturated carbocycles. The van der Waals surface area contributed by atoms with Crippen molar-refractivity contribution >= 4 is 17.5 Å². The third kappa shape index (κ3) is 3.11. The fourth-order valence-corrected chi connectivity index (χ4v) is 3.15. The van der Waals surface area contributed by atoms with Gasteiger partial charge in [0, 0.05) is 19.1 Å². The Balaban J connectivity index is 2.14. The minimum Gasteiger partial charge on any atom is -0.345 e. The first-order valence-electron chi connectivity index (χ1n) is 7.01. The Morgan fingerprint density at radius 3 is 2.74 bits per heavy atom. The standard InChI is InChI=1S/C14H22ClN3O/c1-3-12-11(9-18(2)17-12)13(19)16-14(10-15)7-5-4-6-8-14/h9H,3-8,10H2,1-2H3,(H,16,19). The zero-order valence-electron chi connectivity index (χ0n) is 11.7. The minimum absolute atomic E-state index is 0.0347.